The van der Waals surface area contributed by atoms with Gasteiger partial charge in [-0.3, -0.25) is 19.9 Å². The summed E-state index contributed by atoms with van der Waals surface area (Å²) in [5.41, 5.74) is 8.06. The average molecular weight is 548 g/mol. The van der Waals surface area contributed by atoms with Crippen molar-refractivity contribution in [2.24, 2.45) is 12.8 Å². The summed E-state index contributed by atoms with van der Waals surface area (Å²) in [5.74, 6) is 0.350. The molecule has 11 nitrogen and oxygen atoms in total. The number of aromatic nitrogens is 2. The molecule has 4 rings (SSSR count). The normalized spacial score (nSPS) is 14.9. The van der Waals surface area contributed by atoms with Gasteiger partial charge in [-0.1, -0.05) is 6.07 Å². The van der Waals surface area contributed by atoms with Crippen LogP contribution in [0.3, 0.4) is 0 Å². The lowest BCUT2D eigenvalue weighted by atomic mass is 9.79. The number of aryl methyl sites for hydroxylation is 1. The van der Waals surface area contributed by atoms with Crippen LogP contribution in [-0.4, -0.2) is 74.3 Å². The number of benzene rings is 2. The molecule has 0 spiro atoms. The van der Waals surface area contributed by atoms with Gasteiger partial charge in [0.15, 0.2) is 0 Å². The molecule has 3 aromatic rings. The van der Waals surface area contributed by atoms with Gasteiger partial charge in [0.2, 0.25) is 5.91 Å². The van der Waals surface area contributed by atoms with Crippen molar-refractivity contribution >= 4 is 40.3 Å². The Morgan fingerprint density at radius 3 is 2.40 bits per heavy atom. The summed E-state index contributed by atoms with van der Waals surface area (Å²) in [6.07, 6.45) is 1.64. The van der Waals surface area contributed by atoms with Crippen molar-refractivity contribution < 1.29 is 19.5 Å². The molecule has 2 amide bonds. The number of nitrogens with zero attached hydrogens (tertiary/aromatic N) is 4. The lowest BCUT2D eigenvalue weighted by molar-refractivity contribution is -0.138. The maximum absolute atomic E-state index is 14.0. The van der Waals surface area contributed by atoms with Gasteiger partial charge < -0.3 is 25.6 Å². The SMILES string of the molecule is CC(=O)CN(CC(C)(C(=O)N1CCCCC1)c1ccc2c(c1)nc(CNc1ccc(C(=N)N)cc1)n2C)C(=O)O. The second-order valence-electron chi connectivity index (χ2n) is 10.7. The minimum Gasteiger partial charge on any atom is -0.465 e. The number of carbonyl (C=O) groups is 3. The number of carbonyl (C=O) groups excluding carboxylic acids is 2. The van der Waals surface area contributed by atoms with Crippen LogP contribution in [-0.2, 0) is 28.6 Å². The Labute approximate surface area is 233 Å². The maximum Gasteiger partial charge on any atom is 0.407 e. The molecule has 1 aliphatic rings. The van der Waals surface area contributed by atoms with E-state index in [9.17, 15) is 19.5 Å². The van der Waals surface area contributed by atoms with E-state index >= 15 is 0 Å². The van der Waals surface area contributed by atoms with Crippen molar-refractivity contribution in [1.82, 2.24) is 19.4 Å². The number of Topliss-reactive ketones (excluding diaryl/α,β-unsaturated/α-hetero) is 1. The summed E-state index contributed by atoms with van der Waals surface area (Å²) in [5, 5.41) is 20.7. The fraction of sp³-hybridized carbons (Fsp3) is 0.414. The van der Waals surface area contributed by atoms with Crippen molar-refractivity contribution in [1.29, 1.82) is 5.41 Å². The summed E-state index contributed by atoms with van der Waals surface area (Å²) < 4.78 is 1.97. The van der Waals surface area contributed by atoms with Crippen LogP contribution in [0.2, 0.25) is 0 Å². The van der Waals surface area contributed by atoms with Gasteiger partial charge in [-0.05, 0) is 75.1 Å². The number of fused-ring (bicyclic) bond motifs is 1. The second-order valence-corrected chi connectivity index (χ2v) is 10.7. The maximum atomic E-state index is 14.0. The van der Waals surface area contributed by atoms with Crippen molar-refractivity contribution in [2.45, 2.75) is 45.1 Å². The predicted octanol–water partition coefficient (Wildman–Crippen LogP) is 3.31. The summed E-state index contributed by atoms with van der Waals surface area (Å²) in [6.45, 7) is 4.37. The van der Waals surface area contributed by atoms with Gasteiger partial charge in [0, 0.05) is 37.9 Å². The molecule has 40 heavy (non-hydrogen) atoms. The zero-order valence-corrected chi connectivity index (χ0v) is 23.2. The monoisotopic (exact) mass is 547 g/mol. The fourth-order valence-corrected chi connectivity index (χ4v) is 5.27. The van der Waals surface area contributed by atoms with Crippen LogP contribution in [0.1, 0.15) is 50.1 Å². The van der Waals surface area contributed by atoms with E-state index in [0.717, 1.165) is 41.2 Å². The summed E-state index contributed by atoms with van der Waals surface area (Å²) in [7, 11) is 1.92. The lowest BCUT2D eigenvalue weighted by Gasteiger charge is -2.39. The van der Waals surface area contributed by atoms with Crippen LogP contribution in [0.4, 0.5) is 10.5 Å². The number of anilines is 1. The van der Waals surface area contributed by atoms with E-state index in [1.54, 1.807) is 19.1 Å². The summed E-state index contributed by atoms with van der Waals surface area (Å²) >= 11 is 0. The number of nitrogen functional groups attached to an aromatic ring is 1. The quantitative estimate of drug-likeness (QED) is 0.224. The molecule has 5 N–H and O–H groups in total. The summed E-state index contributed by atoms with van der Waals surface area (Å²) in [4.78, 5) is 45.5. The molecular weight excluding hydrogens is 510 g/mol. The van der Waals surface area contributed by atoms with Crippen LogP contribution in [0.15, 0.2) is 42.5 Å². The average Bonchev–Trinajstić information content (AvgIpc) is 3.25. The highest BCUT2D eigenvalue weighted by atomic mass is 16.4. The van der Waals surface area contributed by atoms with Gasteiger partial charge in [0.1, 0.15) is 17.4 Å². The molecule has 212 valence electrons. The molecule has 1 fully saturated rings. The molecule has 2 heterocycles. The Morgan fingerprint density at radius 1 is 1.12 bits per heavy atom. The van der Waals surface area contributed by atoms with Crippen LogP contribution >= 0.6 is 0 Å². The largest absolute Gasteiger partial charge is 0.465 e. The molecule has 1 aliphatic heterocycles. The zero-order valence-electron chi connectivity index (χ0n) is 23.2. The molecule has 0 saturated carbocycles. The first-order valence-corrected chi connectivity index (χ1v) is 13.4. The highest BCUT2D eigenvalue weighted by Gasteiger charge is 2.42. The topological polar surface area (TPSA) is 158 Å². The van der Waals surface area contributed by atoms with Gasteiger partial charge in [-0.2, -0.15) is 0 Å². The van der Waals surface area contributed by atoms with Gasteiger partial charge in [0.05, 0.1) is 29.5 Å². The number of hydrogen-bond donors (Lipinski definition) is 4. The Kier molecular flexibility index (Phi) is 8.41. The third-order valence-corrected chi connectivity index (χ3v) is 7.56. The predicted molar refractivity (Wildman–Crippen MR) is 154 cm³/mol. The Bertz CT molecular complexity index is 1430. The molecular formula is C29H37N7O4. The first-order valence-electron chi connectivity index (χ1n) is 13.4. The third-order valence-electron chi connectivity index (χ3n) is 7.56. The van der Waals surface area contributed by atoms with Gasteiger partial charge in [-0.15, -0.1) is 0 Å². The number of piperidine rings is 1. The molecule has 1 unspecified atom stereocenters. The molecule has 1 atom stereocenters. The molecule has 11 heteroatoms. The van der Waals surface area contributed by atoms with E-state index in [1.165, 1.54) is 6.92 Å². The zero-order chi connectivity index (χ0) is 29.0. The number of likely N-dealkylation sites (tertiary alicyclic amines) is 1. The number of carboxylic acid groups (broad SMARTS) is 1. The number of amides is 2. The molecule has 0 radical (unpaired) electrons. The minimum absolute atomic E-state index is 0.0104. The molecule has 1 aromatic heterocycles. The number of ketones is 1. The van der Waals surface area contributed by atoms with Gasteiger partial charge >= 0.3 is 6.09 Å². The standard InChI is InChI=1S/C29H37N7O4/c1-19(37)17-36(28(39)40)18-29(2,27(38)35-13-5-4-6-14-35)21-9-12-24-23(15-21)33-25(34(24)3)16-32-22-10-7-20(8-11-22)26(30)31/h7-12,15,32H,4-6,13-14,16-18H2,1-3H3,(H3,30,31)(H,39,40). The van der Waals surface area contributed by atoms with E-state index in [0.29, 0.717) is 36.3 Å². The molecule has 0 aliphatic carbocycles. The van der Waals surface area contributed by atoms with Crippen molar-refractivity contribution in [3.05, 3.63) is 59.4 Å². The van der Waals surface area contributed by atoms with Gasteiger partial charge in [0.25, 0.3) is 0 Å². The van der Waals surface area contributed by atoms with Crippen molar-refractivity contribution in [2.75, 3.05) is 31.5 Å². The molecule has 0 bridgehead atoms. The number of nitrogens with one attached hydrogen (secondary N) is 2. The van der Waals surface area contributed by atoms with Crippen LogP contribution in [0, 0.1) is 5.41 Å². The number of hydrogen-bond acceptors (Lipinski definition) is 6. The number of amidine groups is 1. The lowest BCUT2D eigenvalue weighted by Crippen LogP contribution is -2.54. The van der Waals surface area contributed by atoms with E-state index < -0.39 is 11.5 Å². The minimum atomic E-state index is -1.24. The van der Waals surface area contributed by atoms with Crippen molar-refractivity contribution in [3.8, 4) is 0 Å². The Balaban J connectivity index is 1.66. The highest BCUT2D eigenvalue weighted by molar-refractivity contribution is 5.95. The first-order chi connectivity index (χ1) is 19.0. The number of nitrogens with two attached hydrogens (primary N) is 1. The number of rotatable bonds is 10. The van der Waals surface area contributed by atoms with Crippen LogP contribution in [0.25, 0.3) is 11.0 Å². The Hall–Kier alpha value is -4.41. The third kappa shape index (κ3) is 6.08. The molecule has 1 saturated heterocycles. The van der Waals surface area contributed by atoms with Crippen LogP contribution in [0.5, 0.6) is 0 Å². The fourth-order valence-electron chi connectivity index (χ4n) is 5.27. The van der Waals surface area contributed by atoms with Gasteiger partial charge in [-0.25, -0.2) is 9.78 Å². The highest BCUT2D eigenvalue weighted by Crippen LogP contribution is 2.32. The van der Waals surface area contributed by atoms with E-state index in [1.807, 2.05) is 46.8 Å². The smallest absolute Gasteiger partial charge is 0.407 e. The van der Waals surface area contributed by atoms with E-state index in [4.69, 9.17) is 16.1 Å². The Morgan fingerprint density at radius 2 is 1.80 bits per heavy atom. The van der Waals surface area contributed by atoms with E-state index in [2.05, 4.69) is 5.32 Å². The summed E-state index contributed by atoms with van der Waals surface area (Å²) in [6, 6.07) is 12.9. The van der Waals surface area contributed by atoms with E-state index in [-0.39, 0.29) is 30.6 Å². The first kappa shape index (κ1) is 28.6. The second kappa shape index (κ2) is 11.8. The van der Waals surface area contributed by atoms with Crippen molar-refractivity contribution in [3.63, 3.8) is 0 Å². The number of imidazole rings is 1. The molecule has 2 aromatic carbocycles. The van der Waals surface area contributed by atoms with Crippen LogP contribution < -0.4 is 11.1 Å².